The van der Waals surface area contributed by atoms with Crippen molar-refractivity contribution >= 4 is 27.5 Å². The van der Waals surface area contributed by atoms with Gasteiger partial charge < -0.3 is 15.0 Å². The second-order valence-electron chi connectivity index (χ2n) is 9.99. The van der Waals surface area contributed by atoms with E-state index in [2.05, 4.69) is 5.32 Å². The Morgan fingerprint density at radius 1 is 0.925 bits per heavy atom. The third-order valence-electron chi connectivity index (χ3n) is 6.42. The van der Waals surface area contributed by atoms with Gasteiger partial charge in [0.2, 0.25) is 21.8 Å². The van der Waals surface area contributed by atoms with Crippen LogP contribution in [0.25, 0.3) is 0 Å². The predicted octanol–water partition coefficient (Wildman–Crippen LogP) is 4.32. The van der Waals surface area contributed by atoms with Gasteiger partial charge in [0, 0.05) is 19.0 Å². The predicted molar refractivity (Wildman–Crippen MR) is 159 cm³/mol. The number of para-hydroxylation sites is 2. The lowest BCUT2D eigenvalue weighted by atomic mass is 10.0. The van der Waals surface area contributed by atoms with E-state index in [0.717, 1.165) is 27.3 Å². The Hall–Kier alpha value is -3.85. The van der Waals surface area contributed by atoms with Gasteiger partial charge in [0.1, 0.15) is 18.3 Å². The Balaban J connectivity index is 2.09. The number of aryl methyl sites for hydroxylation is 1. The van der Waals surface area contributed by atoms with Crippen molar-refractivity contribution < 1.29 is 22.7 Å². The maximum atomic E-state index is 14.2. The van der Waals surface area contributed by atoms with Crippen LogP contribution < -0.4 is 14.4 Å². The first-order valence-electron chi connectivity index (χ1n) is 13.4. The molecule has 40 heavy (non-hydrogen) atoms. The van der Waals surface area contributed by atoms with Gasteiger partial charge in [-0.15, -0.1) is 0 Å². The van der Waals surface area contributed by atoms with E-state index < -0.39 is 28.5 Å². The molecule has 214 valence electrons. The van der Waals surface area contributed by atoms with Crippen LogP contribution in [-0.4, -0.2) is 56.6 Å². The van der Waals surface area contributed by atoms with E-state index in [1.165, 1.54) is 4.90 Å². The Morgan fingerprint density at radius 2 is 1.55 bits per heavy atom. The molecule has 3 aromatic carbocycles. The number of carbonyl (C=O) groups excluding carboxylic acids is 2. The van der Waals surface area contributed by atoms with Crippen LogP contribution in [-0.2, 0) is 32.6 Å². The number of hydrogen-bond acceptors (Lipinski definition) is 5. The summed E-state index contributed by atoms with van der Waals surface area (Å²) in [6.45, 7) is 7.45. The fourth-order valence-electron chi connectivity index (χ4n) is 4.44. The minimum absolute atomic E-state index is 0.138. The van der Waals surface area contributed by atoms with Gasteiger partial charge in [-0.2, -0.15) is 0 Å². The molecule has 1 atom stereocenters. The summed E-state index contributed by atoms with van der Waals surface area (Å²) in [5.41, 5.74) is 2.98. The first-order chi connectivity index (χ1) is 19.0. The fraction of sp³-hybridized carbons (Fsp3) is 0.355. The molecule has 0 aliphatic rings. The molecule has 0 aromatic heterocycles. The van der Waals surface area contributed by atoms with Crippen LogP contribution in [0.15, 0.2) is 78.9 Å². The highest BCUT2D eigenvalue weighted by Crippen LogP contribution is 2.30. The topological polar surface area (TPSA) is 96.0 Å². The average Bonchev–Trinajstić information content (AvgIpc) is 2.90. The van der Waals surface area contributed by atoms with E-state index in [4.69, 9.17) is 4.74 Å². The number of anilines is 1. The number of carbonyl (C=O) groups is 2. The molecule has 1 N–H and O–H groups in total. The number of nitrogens with zero attached hydrogens (tertiary/aromatic N) is 2. The second-order valence-corrected chi connectivity index (χ2v) is 11.9. The summed E-state index contributed by atoms with van der Waals surface area (Å²) >= 11 is 0. The van der Waals surface area contributed by atoms with E-state index >= 15 is 0 Å². The van der Waals surface area contributed by atoms with Crippen LogP contribution in [0.5, 0.6) is 5.75 Å². The van der Waals surface area contributed by atoms with Crippen LogP contribution in [0.4, 0.5) is 5.69 Å². The molecular weight excluding hydrogens is 526 g/mol. The number of rotatable bonds is 13. The van der Waals surface area contributed by atoms with Crippen molar-refractivity contribution in [2.24, 2.45) is 0 Å². The summed E-state index contributed by atoms with van der Waals surface area (Å²) in [7, 11) is -3.89. The molecule has 0 bridgehead atoms. The molecule has 0 fully saturated rings. The number of nitrogens with one attached hydrogen (secondary N) is 1. The van der Waals surface area contributed by atoms with Crippen molar-refractivity contribution in [2.75, 3.05) is 23.7 Å². The maximum Gasteiger partial charge on any atom is 0.244 e. The lowest BCUT2D eigenvalue weighted by Gasteiger charge is -2.34. The van der Waals surface area contributed by atoms with Crippen molar-refractivity contribution in [3.8, 4) is 5.75 Å². The molecule has 3 rings (SSSR count). The third-order valence-corrected chi connectivity index (χ3v) is 7.54. The summed E-state index contributed by atoms with van der Waals surface area (Å²) < 4.78 is 32.8. The molecule has 0 heterocycles. The Morgan fingerprint density at radius 3 is 2.17 bits per heavy atom. The van der Waals surface area contributed by atoms with E-state index in [0.29, 0.717) is 12.4 Å². The van der Waals surface area contributed by atoms with Crippen molar-refractivity contribution in [1.29, 1.82) is 0 Å². The first-order valence-corrected chi connectivity index (χ1v) is 15.2. The lowest BCUT2D eigenvalue weighted by Crippen LogP contribution is -2.54. The highest BCUT2D eigenvalue weighted by atomic mass is 32.2. The summed E-state index contributed by atoms with van der Waals surface area (Å²) in [6.07, 6.45) is 1.33. The van der Waals surface area contributed by atoms with Crippen LogP contribution >= 0.6 is 0 Å². The number of benzene rings is 3. The van der Waals surface area contributed by atoms with Gasteiger partial charge in [0.15, 0.2) is 0 Å². The van der Waals surface area contributed by atoms with E-state index in [1.54, 1.807) is 31.2 Å². The van der Waals surface area contributed by atoms with Crippen LogP contribution in [0.2, 0.25) is 0 Å². The first kappa shape index (κ1) is 30.7. The van der Waals surface area contributed by atoms with E-state index in [1.807, 2.05) is 75.4 Å². The molecule has 0 spiro atoms. The maximum absolute atomic E-state index is 14.2. The van der Waals surface area contributed by atoms with Gasteiger partial charge in [0.25, 0.3) is 0 Å². The van der Waals surface area contributed by atoms with Gasteiger partial charge in [0.05, 0.1) is 18.6 Å². The lowest BCUT2D eigenvalue weighted by molar-refractivity contribution is -0.140. The van der Waals surface area contributed by atoms with Gasteiger partial charge in [-0.25, -0.2) is 8.42 Å². The van der Waals surface area contributed by atoms with Gasteiger partial charge in [-0.1, -0.05) is 66.7 Å². The molecule has 8 nitrogen and oxygen atoms in total. The Bertz CT molecular complexity index is 1390. The summed E-state index contributed by atoms with van der Waals surface area (Å²) in [5.74, 6) is -0.451. The summed E-state index contributed by atoms with van der Waals surface area (Å²) in [4.78, 5) is 29.3. The molecule has 9 heteroatoms. The standard InChI is InChI=1S/C31H39N3O5S/c1-6-39-29-19-13-12-18-27(29)34(40(5,37)38)22-30(35)33(21-26-17-11-10-14-24(26)4)28(31(36)32-23(2)3)20-25-15-8-7-9-16-25/h7-19,23,28H,6,20-22H2,1-5H3,(H,32,36). The fourth-order valence-corrected chi connectivity index (χ4v) is 5.29. The van der Waals surface area contributed by atoms with Crippen molar-refractivity contribution in [2.45, 2.75) is 52.7 Å². The molecule has 3 aromatic rings. The van der Waals surface area contributed by atoms with Crippen molar-refractivity contribution in [3.05, 3.63) is 95.6 Å². The highest BCUT2D eigenvalue weighted by Gasteiger charge is 2.34. The molecule has 2 amide bonds. The molecule has 0 saturated heterocycles. The summed E-state index contributed by atoms with van der Waals surface area (Å²) in [5, 5.41) is 2.96. The number of ether oxygens (including phenoxy) is 1. The summed E-state index contributed by atoms with van der Waals surface area (Å²) in [6, 6.07) is 22.8. The zero-order valence-electron chi connectivity index (χ0n) is 23.8. The molecular formula is C31H39N3O5S. The van der Waals surface area contributed by atoms with Gasteiger partial charge in [-0.05, 0) is 56.5 Å². The average molecular weight is 566 g/mol. The smallest absolute Gasteiger partial charge is 0.244 e. The zero-order valence-corrected chi connectivity index (χ0v) is 24.6. The van der Waals surface area contributed by atoms with Crippen molar-refractivity contribution in [1.82, 2.24) is 10.2 Å². The quantitative estimate of drug-likeness (QED) is 0.333. The molecule has 0 saturated carbocycles. The molecule has 0 radical (unpaired) electrons. The molecule has 0 aliphatic heterocycles. The largest absolute Gasteiger partial charge is 0.492 e. The molecule has 0 aliphatic carbocycles. The third kappa shape index (κ3) is 8.32. The monoisotopic (exact) mass is 565 g/mol. The second kappa shape index (κ2) is 14.0. The number of sulfonamides is 1. The normalized spacial score (nSPS) is 12.1. The highest BCUT2D eigenvalue weighted by molar-refractivity contribution is 7.92. The molecule has 1 unspecified atom stereocenters. The van der Waals surface area contributed by atoms with E-state index in [9.17, 15) is 18.0 Å². The van der Waals surface area contributed by atoms with E-state index in [-0.39, 0.29) is 30.6 Å². The van der Waals surface area contributed by atoms with Crippen molar-refractivity contribution in [3.63, 3.8) is 0 Å². The Labute approximate surface area is 238 Å². The van der Waals surface area contributed by atoms with Crippen LogP contribution in [0.3, 0.4) is 0 Å². The minimum Gasteiger partial charge on any atom is -0.492 e. The number of hydrogen-bond donors (Lipinski definition) is 1. The zero-order chi connectivity index (χ0) is 29.3. The van der Waals surface area contributed by atoms with Gasteiger partial charge >= 0.3 is 0 Å². The Kier molecular flexibility index (Phi) is 10.7. The van der Waals surface area contributed by atoms with Crippen LogP contribution in [0, 0.1) is 6.92 Å². The number of amides is 2. The minimum atomic E-state index is -3.89. The van der Waals surface area contributed by atoms with Crippen LogP contribution in [0.1, 0.15) is 37.5 Å². The SMILES string of the molecule is CCOc1ccccc1N(CC(=O)N(Cc1ccccc1C)C(Cc1ccccc1)C(=O)NC(C)C)S(C)(=O)=O. The van der Waals surface area contributed by atoms with Gasteiger partial charge in [-0.3, -0.25) is 13.9 Å².